The predicted octanol–water partition coefficient (Wildman–Crippen LogP) is 5.15. The smallest absolute Gasteiger partial charge is 0.272 e. The van der Waals surface area contributed by atoms with E-state index in [1.807, 2.05) is 18.2 Å². The van der Waals surface area contributed by atoms with Gasteiger partial charge in [0, 0.05) is 25.9 Å². The van der Waals surface area contributed by atoms with Crippen molar-refractivity contribution in [1.29, 1.82) is 0 Å². The number of fused-ring (bicyclic) bond motifs is 1. The zero-order chi connectivity index (χ0) is 28.5. The van der Waals surface area contributed by atoms with Gasteiger partial charge in [-0.3, -0.25) is 19.5 Å². The Balaban J connectivity index is 1.62. The molecule has 3 N–H and O–H groups in total. The van der Waals surface area contributed by atoms with Gasteiger partial charge in [0.15, 0.2) is 0 Å². The van der Waals surface area contributed by atoms with Crippen LogP contribution in [0, 0.1) is 0 Å². The zero-order valence-corrected chi connectivity index (χ0v) is 22.6. The first-order valence-electron chi connectivity index (χ1n) is 12.4. The van der Waals surface area contributed by atoms with E-state index in [9.17, 15) is 18.4 Å². The number of halogens is 2. The van der Waals surface area contributed by atoms with Crippen molar-refractivity contribution in [3.05, 3.63) is 82.6 Å². The Morgan fingerprint density at radius 2 is 1.95 bits per heavy atom. The van der Waals surface area contributed by atoms with Gasteiger partial charge in [-0.2, -0.15) is 0 Å². The summed E-state index contributed by atoms with van der Waals surface area (Å²) in [6.07, 6.45) is -1.49. The molecule has 0 aliphatic rings. The molecule has 0 bridgehead atoms. The standard InChI is InChI=1S/C28H29F2N5O4S/c1-3-25(36)32-19-5-4-6-20(16-19)35-22-8-7-18(17-31-11-12-39-14-13-38-2)15-21(22)33-28(35)34-27(37)24-10-9-23(40-24)26(29)30/h3-10,15-16,26,31H,1,11-14,17H2,2H3,(H,32,36)(H,33,34,37). The number of methoxy groups -OCH3 is 1. The topological polar surface area (TPSA) is 107 Å². The average Bonchev–Trinajstić information content (AvgIpc) is 3.58. The molecule has 0 aliphatic heterocycles. The van der Waals surface area contributed by atoms with Gasteiger partial charge in [0.05, 0.1) is 46.3 Å². The lowest BCUT2D eigenvalue weighted by molar-refractivity contribution is -0.111. The van der Waals surface area contributed by atoms with Crippen molar-refractivity contribution in [3.63, 3.8) is 0 Å². The second-order valence-electron chi connectivity index (χ2n) is 8.58. The zero-order valence-electron chi connectivity index (χ0n) is 21.8. The maximum Gasteiger partial charge on any atom is 0.272 e. The third-order valence-corrected chi connectivity index (χ3v) is 6.84. The predicted molar refractivity (Wildman–Crippen MR) is 152 cm³/mol. The number of anilines is 2. The normalized spacial score (nSPS) is 11.2. The summed E-state index contributed by atoms with van der Waals surface area (Å²) >= 11 is 0.727. The quantitative estimate of drug-likeness (QED) is 0.143. The van der Waals surface area contributed by atoms with Crippen LogP contribution in [0.25, 0.3) is 16.7 Å². The molecule has 0 radical (unpaired) electrons. The number of alkyl halides is 2. The summed E-state index contributed by atoms with van der Waals surface area (Å²) in [6, 6.07) is 15.4. The monoisotopic (exact) mass is 569 g/mol. The Morgan fingerprint density at radius 1 is 1.10 bits per heavy atom. The van der Waals surface area contributed by atoms with Crippen LogP contribution in [0.4, 0.5) is 20.4 Å². The number of imidazole rings is 1. The Labute approximate surface area is 233 Å². The molecule has 0 saturated carbocycles. The van der Waals surface area contributed by atoms with Crippen LogP contribution in [0.1, 0.15) is 26.5 Å². The lowest BCUT2D eigenvalue weighted by atomic mass is 10.2. The number of hydrogen-bond acceptors (Lipinski definition) is 7. The maximum absolute atomic E-state index is 13.1. The largest absolute Gasteiger partial charge is 0.382 e. The second-order valence-corrected chi connectivity index (χ2v) is 9.69. The van der Waals surface area contributed by atoms with Crippen molar-refractivity contribution in [3.8, 4) is 5.69 Å². The fourth-order valence-electron chi connectivity index (χ4n) is 3.87. The van der Waals surface area contributed by atoms with Crippen LogP contribution in [-0.2, 0) is 20.8 Å². The van der Waals surface area contributed by atoms with E-state index >= 15 is 0 Å². The number of ether oxygens (including phenoxy) is 2. The highest BCUT2D eigenvalue weighted by Crippen LogP contribution is 2.30. The average molecular weight is 570 g/mol. The molecule has 0 unspecified atom stereocenters. The number of nitrogens with one attached hydrogen (secondary N) is 3. The minimum absolute atomic E-state index is 0.138. The first-order valence-corrected chi connectivity index (χ1v) is 13.2. The molecular formula is C28H29F2N5O4S. The summed E-state index contributed by atoms with van der Waals surface area (Å²) in [7, 11) is 1.62. The molecule has 2 aromatic heterocycles. The van der Waals surface area contributed by atoms with E-state index in [4.69, 9.17) is 9.47 Å². The molecule has 4 rings (SSSR count). The maximum atomic E-state index is 13.1. The molecule has 0 fully saturated rings. The molecule has 2 aromatic carbocycles. The van der Waals surface area contributed by atoms with E-state index in [0.29, 0.717) is 55.3 Å². The molecule has 4 aromatic rings. The molecule has 0 saturated heterocycles. The fourth-order valence-corrected chi connectivity index (χ4v) is 4.63. The number of carbonyl (C=O) groups is 2. The van der Waals surface area contributed by atoms with E-state index in [0.717, 1.165) is 16.9 Å². The summed E-state index contributed by atoms with van der Waals surface area (Å²) in [6.45, 7) is 6.32. The van der Waals surface area contributed by atoms with Gasteiger partial charge in [-0.1, -0.05) is 18.7 Å². The van der Waals surface area contributed by atoms with Gasteiger partial charge < -0.3 is 20.1 Å². The summed E-state index contributed by atoms with van der Waals surface area (Å²) in [5.41, 5.74) is 3.44. The van der Waals surface area contributed by atoms with Gasteiger partial charge >= 0.3 is 0 Å². The van der Waals surface area contributed by atoms with E-state index < -0.39 is 12.3 Å². The SMILES string of the molecule is C=CC(=O)Nc1cccc(-n2c(NC(=O)c3ccc(C(F)F)s3)nc3cc(CNCCOCCOC)ccc32)c1. The van der Waals surface area contributed by atoms with Crippen molar-refractivity contribution in [1.82, 2.24) is 14.9 Å². The highest BCUT2D eigenvalue weighted by molar-refractivity contribution is 7.14. The molecule has 2 amide bonds. The number of hydrogen-bond donors (Lipinski definition) is 3. The van der Waals surface area contributed by atoms with Gasteiger partial charge in [-0.25, -0.2) is 13.8 Å². The second kappa shape index (κ2) is 13.9. The summed E-state index contributed by atoms with van der Waals surface area (Å²) in [4.78, 5) is 29.5. The van der Waals surface area contributed by atoms with E-state index in [1.54, 1.807) is 35.9 Å². The van der Waals surface area contributed by atoms with Crippen LogP contribution in [0.2, 0.25) is 0 Å². The molecular weight excluding hydrogens is 540 g/mol. The van der Waals surface area contributed by atoms with E-state index in [-0.39, 0.29) is 21.6 Å². The third kappa shape index (κ3) is 7.36. The van der Waals surface area contributed by atoms with Crippen molar-refractivity contribution < 1.29 is 27.8 Å². The highest BCUT2D eigenvalue weighted by atomic mass is 32.1. The van der Waals surface area contributed by atoms with Crippen LogP contribution in [0.5, 0.6) is 0 Å². The Hall–Kier alpha value is -3.97. The van der Waals surface area contributed by atoms with Crippen molar-refractivity contribution in [2.75, 3.05) is 44.1 Å². The van der Waals surface area contributed by atoms with E-state index in [2.05, 4.69) is 27.5 Å². The minimum atomic E-state index is -2.66. The lowest BCUT2D eigenvalue weighted by Gasteiger charge is -2.12. The number of carbonyl (C=O) groups excluding carboxylic acids is 2. The minimum Gasteiger partial charge on any atom is -0.382 e. The summed E-state index contributed by atoms with van der Waals surface area (Å²) in [5.74, 6) is -0.717. The van der Waals surface area contributed by atoms with Gasteiger partial charge in [0.25, 0.3) is 12.3 Å². The fraction of sp³-hybridized carbons (Fsp3) is 0.250. The summed E-state index contributed by atoms with van der Waals surface area (Å²) < 4.78 is 38.3. The number of thiophene rings is 1. The number of benzene rings is 2. The van der Waals surface area contributed by atoms with Gasteiger partial charge in [-0.15, -0.1) is 11.3 Å². The number of rotatable bonds is 14. The Morgan fingerprint density at radius 3 is 2.70 bits per heavy atom. The van der Waals surface area contributed by atoms with E-state index in [1.165, 1.54) is 18.2 Å². The van der Waals surface area contributed by atoms with Gasteiger partial charge in [-0.05, 0) is 54.1 Å². The van der Waals surface area contributed by atoms with Crippen molar-refractivity contribution in [2.45, 2.75) is 13.0 Å². The lowest BCUT2D eigenvalue weighted by Crippen LogP contribution is -2.20. The van der Waals surface area contributed by atoms with Crippen molar-refractivity contribution in [2.24, 2.45) is 0 Å². The molecule has 0 atom stereocenters. The molecule has 0 aliphatic carbocycles. The van der Waals surface area contributed by atoms with Gasteiger partial charge in [0.2, 0.25) is 11.9 Å². The first-order chi connectivity index (χ1) is 19.4. The number of nitrogens with zero attached hydrogens (tertiary/aromatic N) is 2. The highest BCUT2D eigenvalue weighted by Gasteiger charge is 2.19. The number of amides is 2. The van der Waals surface area contributed by atoms with Crippen molar-refractivity contribution >= 4 is 45.8 Å². The van der Waals surface area contributed by atoms with Crippen LogP contribution in [-0.4, -0.2) is 54.8 Å². The van der Waals surface area contributed by atoms with Crippen LogP contribution in [0.3, 0.4) is 0 Å². The molecule has 0 spiro atoms. The van der Waals surface area contributed by atoms with Crippen LogP contribution in [0.15, 0.2) is 67.3 Å². The number of aromatic nitrogens is 2. The third-order valence-electron chi connectivity index (χ3n) is 5.75. The Bertz CT molecular complexity index is 1490. The molecule has 210 valence electrons. The summed E-state index contributed by atoms with van der Waals surface area (Å²) in [5, 5.41) is 8.80. The van der Waals surface area contributed by atoms with Crippen LogP contribution < -0.4 is 16.0 Å². The molecule has 9 nitrogen and oxygen atoms in total. The first kappa shape index (κ1) is 29.0. The molecule has 12 heteroatoms. The van der Waals surface area contributed by atoms with Crippen LogP contribution >= 0.6 is 11.3 Å². The molecule has 2 heterocycles. The Kier molecular flexibility index (Phi) is 10.1. The molecule has 40 heavy (non-hydrogen) atoms. The van der Waals surface area contributed by atoms with Gasteiger partial charge in [0.1, 0.15) is 0 Å².